The zero-order chi connectivity index (χ0) is 24.5. The minimum Gasteiger partial charge on any atom is -0.505 e. The first-order valence-electron chi connectivity index (χ1n) is 9.75. The van der Waals surface area contributed by atoms with Crippen LogP contribution < -0.4 is 10.6 Å². The van der Waals surface area contributed by atoms with Crippen molar-refractivity contribution in [3.8, 4) is 5.75 Å². The lowest BCUT2D eigenvalue weighted by atomic mass is 9.65. The monoisotopic (exact) mass is 471 g/mol. The van der Waals surface area contributed by atoms with Gasteiger partial charge in [-0.1, -0.05) is 13.0 Å². The number of fused-ring (bicyclic) bond motifs is 1. The van der Waals surface area contributed by atoms with Crippen molar-refractivity contribution in [2.24, 2.45) is 11.7 Å². The topological polar surface area (TPSA) is 106 Å². The third-order valence-electron chi connectivity index (χ3n) is 6.78. The molecular formula is C21H18F5N3O4. The van der Waals surface area contributed by atoms with Crippen LogP contribution in [0.25, 0.3) is 0 Å². The normalized spacial score (nSPS) is 29.4. The third kappa shape index (κ3) is 3.00. The Morgan fingerprint density at radius 2 is 1.97 bits per heavy atom. The molecule has 2 aromatic rings. The summed E-state index contributed by atoms with van der Waals surface area (Å²) in [6.07, 6.45) is -5.53. The minimum atomic E-state index is -4.92. The number of pyridine rings is 1. The second-order valence-electron chi connectivity index (χ2n) is 8.31. The Bertz CT molecular complexity index is 1170. The molecule has 0 spiro atoms. The van der Waals surface area contributed by atoms with Crippen LogP contribution >= 0.6 is 0 Å². The molecule has 0 aliphatic carbocycles. The summed E-state index contributed by atoms with van der Waals surface area (Å²) in [4.78, 5) is 29.6. The van der Waals surface area contributed by atoms with Crippen LogP contribution in [0, 0.1) is 17.6 Å². The van der Waals surface area contributed by atoms with Gasteiger partial charge in [0.15, 0.2) is 17.2 Å². The molecule has 2 aliphatic rings. The number of nitrogens with zero attached hydrogens (tertiary/aromatic N) is 2. The van der Waals surface area contributed by atoms with E-state index < -0.39 is 70.5 Å². The number of phenolic OH excluding ortho intramolecular Hbond substituents is 1. The van der Waals surface area contributed by atoms with Gasteiger partial charge in [0.2, 0.25) is 5.82 Å². The number of nitrogens with two attached hydrogens (primary N) is 1. The predicted octanol–water partition coefficient (Wildman–Crippen LogP) is 2.80. The van der Waals surface area contributed by atoms with Gasteiger partial charge in [-0.15, -0.1) is 0 Å². The van der Waals surface area contributed by atoms with Crippen LogP contribution in [0.4, 0.5) is 27.6 Å². The largest absolute Gasteiger partial charge is 0.505 e. The number of aromatic hydroxyl groups is 1. The van der Waals surface area contributed by atoms with Gasteiger partial charge in [0.1, 0.15) is 11.8 Å². The summed E-state index contributed by atoms with van der Waals surface area (Å²) in [5, 5.41) is 10.4. The first-order chi connectivity index (χ1) is 15.3. The van der Waals surface area contributed by atoms with Crippen molar-refractivity contribution < 1.29 is 41.4 Å². The van der Waals surface area contributed by atoms with Gasteiger partial charge in [0, 0.05) is 29.9 Å². The molecule has 0 bridgehead atoms. The molecule has 176 valence electrons. The number of carbonyl (C=O) groups excluding carboxylic acids is 2. The smallest absolute Gasteiger partial charge is 0.417 e. The predicted molar refractivity (Wildman–Crippen MR) is 103 cm³/mol. The third-order valence-corrected chi connectivity index (χ3v) is 6.78. The number of anilines is 1. The van der Waals surface area contributed by atoms with E-state index in [1.807, 2.05) is 0 Å². The van der Waals surface area contributed by atoms with Gasteiger partial charge in [0.05, 0.1) is 5.41 Å². The Labute approximate surface area is 184 Å². The van der Waals surface area contributed by atoms with Crippen LogP contribution in [0.2, 0.25) is 0 Å². The maximum atomic E-state index is 14.3. The highest BCUT2D eigenvalue weighted by atomic mass is 19.4. The van der Waals surface area contributed by atoms with E-state index in [0.717, 1.165) is 17.9 Å². The summed E-state index contributed by atoms with van der Waals surface area (Å²) in [5.41, 5.74) is -0.0235. The van der Waals surface area contributed by atoms with Gasteiger partial charge >= 0.3 is 6.18 Å². The summed E-state index contributed by atoms with van der Waals surface area (Å²) in [7, 11) is 0. The van der Waals surface area contributed by atoms with Crippen molar-refractivity contribution in [1.82, 2.24) is 4.98 Å². The van der Waals surface area contributed by atoms with E-state index in [-0.39, 0.29) is 11.4 Å². The Morgan fingerprint density at radius 3 is 2.58 bits per heavy atom. The van der Waals surface area contributed by atoms with Gasteiger partial charge < -0.3 is 20.5 Å². The number of hydrogen-bond donors (Lipinski definition) is 2. The Kier molecular flexibility index (Phi) is 4.93. The molecule has 1 aromatic carbocycles. The van der Waals surface area contributed by atoms with Crippen LogP contribution in [0.5, 0.6) is 5.75 Å². The maximum absolute atomic E-state index is 14.3. The Hall–Kier alpha value is -3.28. The fraction of sp³-hybridized carbons (Fsp3) is 0.381. The van der Waals surface area contributed by atoms with Crippen LogP contribution in [-0.4, -0.2) is 46.3 Å². The highest BCUT2D eigenvalue weighted by molar-refractivity contribution is 6.02. The molecule has 0 saturated carbocycles. The van der Waals surface area contributed by atoms with Crippen molar-refractivity contribution in [3.63, 3.8) is 0 Å². The van der Waals surface area contributed by atoms with E-state index in [9.17, 15) is 36.6 Å². The van der Waals surface area contributed by atoms with Crippen LogP contribution in [0.1, 0.15) is 29.9 Å². The molecule has 0 radical (unpaired) electrons. The summed E-state index contributed by atoms with van der Waals surface area (Å²) in [6.45, 7) is 1.46. The van der Waals surface area contributed by atoms with Gasteiger partial charge in [-0.3, -0.25) is 14.6 Å². The molecule has 7 nitrogen and oxygen atoms in total. The number of primary amides is 1. The van der Waals surface area contributed by atoms with Gasteiger partial charge in [-0.2, -0.15) is 17.6 Å². The molecule has 2 amide bonds. The number of rotatable bonds is 3. The molecule has 4 atom stereocenters. The SMILES string of the molecule is C[C@H]1[C@]2(c3ccc(F)c(F)c3O)CN(c3ccnc(C(N)=O)c3)C(=O)[C@@H]2O[C@@]1(C)C(F)(F)F. The number of amides is 2. The van der Waals surface area contributed by atoms with E-state index >= 15 is 0 Å². The Balaban J connectivity index is 1.93. The summed E-state index contributed by atoms with van der Waals surface area (Å²) < 4.78 is 75.3. The van der Waals surface area contributed by atoms with Gasteiger partial charge in [-0.05, 0) is 25.1 Å². The van der Waals surface area contributed by atoms with Crippen molar-refractivity contribution in [1.29, 1.82) is 0 Å². The molecule has 1 aromatic heterocycles. The second kappa shape index (κ2) is 7.11. The zero-order valence-electron chi connectivity index (χ0n) is 17.3. The van der Waals surface area contributed by atoms with Crippen molar-refractivity contribution in [3.05, 3.63) is 53.4 Å². The van der Waals surface area contributed by atoms with Crippen molar-refractivity contribution >= 4 is 17.5 Å². The highest BCUT2D eigenvalue weighted by Gasteiger charge is 2.75. The Morgan fingerprint density at radius 1 is 1.30 bits per heavy atom. The van der Waals surface area contributed by atoms with Gasteiger partial charge in [0.25, 0.3) is 11.8 Å². The maximum Gasteiger partial charge on any atom is 0.417 e. The standard InChI is InChI=1S/C21H18F5N3O4/c1-9-19(2,21(24,25)26)33-16-18(32)29(10-5-6-28-13(7-10)17(27)31)8-20(9,16)11-3-4-12(22)14(23)15(11)30/h3-7,9,16,30H,8H2,1-2H3,(H2,27,31)/t9-,16+,19-,20+/m1/s1. The number of carbonyl (C=O) groups is 2. The highest BCUT2D eigenvalue weighted by Crippen LogP contribution is 2.61. The zero-order valence-corrected chi connectivity index (χ0v) is 17.3. The number of ether oxygens (including phenoxy) is 1. The molecule has 2 fully saturated rings. The quantitative estimate of drug-likeness (QED) is 0.670. The van der Waals surface area contributed by atoms with E-state index in [1.165, 1.54) is 25.3 Å². The summed E-state index contributed by atoms with van der Waals surface area (Å²) in [5.74, 6) is -7.59. The fourth-order valence-corrected chi connectivity index (χ4v) is 4.77. The molecule has 3 heterocycles. The van der Waals surface area contributed by atoms with E-state index in [0.29, 0.717) is 6.07 Å². The lowest BCUT2D eigenvalue weighted by Gasteiger charge is -2.38. The molecule has 12 heteroatoms. The first kappa shape index (κ1) is 22.9. The van der Waals surface area contributed by atoms with E-state index in [2.05, 4.69) is 4.98 Å². The van der Waals surface area contributed by atoms with Crippen molar-refractivity contribution in [2.75, 3.05) is 11.4 Å². The van der Waals surface area contributed by atoms with E-state index in [1.54, 1.807) is 0 Å². The molecule has 3 N–H and O–H groups in total. The molecule has 0 unspecified atom stereocenters. The summed E-state index contributed by atoms with van der Waals surface area (Å²) >= 11 is 0. The van der Waals surface area contributed by atoms with Gasteiger partial charge in [-0.25, -0.2) is 4.39 Å². The first-order valence-corrected chi connectivity index (χ1v) is 9.75. The van der Waals surface area contributed by atoms with Crippen LogP contribution in [-0.2, 0) is 14.9 Å². The molecule has 4 rings (SSSR count). The number of halogens is 5. The lowest BCUT2D eigenvalue weighted by Crippen LogP contribution is -2.51. The average molecular weight is 471 g/mol. The van der Waals surface area contributed by atoms with Crippen LogP contribution in [0.3, 0.4) is 0 Å². The number of hydrogen-bond acceptors (Lipinski definition) is 5. The van der Waals surface area contributed by atoms with Crippen LogP contribution in [0.15, 0.2) is 30.5 Å². The minimum absolute atomic E-state index is 0.0872. The molecular weight excluding hydrogens is 453 g/mol. The number of benzene rings is 1. The molecule has 33 heavy (non-hydrogen) atoms. The average Bonchev–Trinajstić information content (AvgIpc) is 3.16. The molecule has 2 aliphatic heterocycles. The fourth-order valence-electron chi connectivity index (χ4n) is 4.77. The number of aromatic nitrogens is 1. The van der Waals surface area contributed by atoms with E-state index in [4.69, 9.17) is 10.5 Å². The van der Waals surface area contributed by atoms with Crippen molar-refractivity contribution in [2.45, 2.75) is 37.1 Å². The lowest BCUT2D eigenvalue weighted by molar-refractivity contribution is -0.272. The molecule has 2 saturated heterocycles. The second-order valence-corrected chi connectivity index (χ2v) is 8.31. The number of alkyl halides is 3. The summed E-state index contributed by atoms with van der Waals surface area (Å²) in [6, 6.07) is 4.11. The number of phenols is 1.